The molecule has 88 heavy (non-hydrogen) atoms. The third-order valence-electron chi connectivity index (χ3n) is 13.7. The fraction of sp³-hybridized carbons (Fsp3) is 0.421. The van der Waals surface area contributed by atoms with Crippen molar-refractivity contribution < 1.29 is 77.2 Å². The number of nitrogens with two attached hydrogens (primary N) is 1. The van der Waals surface area contributed by atoms with Crippen molar-refractivity contribution in [1.29, 1.82) is 0 Å². The van der Waals surface area contributed by atoms with Gasteiger partial charge in [-0.1, -0.05) is 45.9 Å². The number of rotatable bonds is 35. The van der Waals surface area contributed by atoms with E-state index in [9.17, 15) is 83.2 Å². The first-order chi connectivity index (χ1) is 41.6. The van der Waals surface area contributed by atoms with Crippen LogP contribution in [0.1, 0.15) is 83.8 Å². The molecule has 0 saturated carbocycles. The second-order valence-corrected chi connectivity index (χ2v) is 21.3. The average Bonchev–Trinajstić information content (AvgIpc) is 2.60. The van der Waals surface area contributed by atoms with E-state index in [1.165, 1.54) is 33.1 Å². The first-order valence-corrected chi connectivity index (χ1v) is 27.8. The van der Waals surface area contributed by atoms with Gasteiger partial charge in [-0.05, 0) is 79.3 Å². The monoisotopic (exact) mass is 1230 g/mol. The van der Waals surface area contributed by atoms with Gasteiger partial charge in [-0.25, -0.2) is 4.79 Å². The molecule has 0 aliphatic rings. The highest BCUT2D eigenvalue weighted by Gasteiger charge is 2.35. The number of para-hydroxylation sites is 1. The normalized spacial score (nSPS) is 13.2. The van der Waals surface area contributed by atoms with Crippen molar-refractivity contribution in [3.05, 3.63) is 115 Å². The summed E-state index contributed by atoms with van der Waals surface area (Å²) in [6.45, 7) is 5.67. The van der Waals surface area contributed by atoms with Crippen molar-refractivity contribution >= 4 is 98.1 Å². The Morgan fingerprint density at radius 1 is 0.682 bits per heavy atom. The second kappa shape index (κ2) is 32.1. The number of carbonyl (C=O) groups excluding carboxylic acids is 8. The number of aromatic nitrogens is 1. The molecule has 0 radical (unpaired) electrons. The average molecular weight is 1230 g/mol. The predicted octanol–water partition coefficient (Wildman–Crippen LogP) is 1.72. The lowest BCUT2D eigenvalue weighted by molar-refractivity contribution is -0.393. The SMILES string of the molecule is COc1ccc2c(CC(=O)NC(CC(C)C)C(=O)NC(CCC(=O)O)C(=O)NC(C(=O)NC(CC(=O)O)C(=O)NCC(=O)NC(Cc3c[nH]c4ccccc34)C(=O)NC(CCCCNc3ccc([N+](=O)[O-])cc3[N+](=O)[O-])C(N)=O)C(C)C)cc(=O)oc2c1. The van der Waals surface area contributed by atoms with Crippen LogP contribution in [0.15, 0.2) is 82.1 Å². The number of unbranched alkanes of at least 4 members (excludes halogenated alkanes) is 1. The van der Waals surface area contributed by atoms with Gasteiger partial charge in [-0.15, -0.1) is 0 Å². The number of methoxy groups -OCH3 is 1. The minimum absolute atomic E-state index is 0.00741. The lowest BCUT2D eigenvalue weighted by Crippen LogP contribution is -2.60. The van der Waals surface area contributed by atoms with E-state index in [1.54, 1.807) is 56.4 Å². The smallest absolute Gasteiger partial charge is 0.336 e. The summed E-state index contributed by atoms with van der Waals surface area (Å²) in [4.78, 5) is 170. The Morgan fingerprint density at radius 3 is 2.00 bits per heavy atom. The molecule has 0 spiro atoms. The van der Waals surface area contributed by atoms with Crippen molar-refractivity contribution in [2.24, 2.45) is 17.6 Å². The number of amides is 8. The van der Waals surface area contributed by atoms with Crippen molar-refractivity contribution in [1.82, 2.24) is 42.2 Å². The van der Waals surface area contributed by atoms with Crippen LogP contribution in [0.4, 0.5) is 17.1 Å². The number of carboxylic acid groups (broad SMARTS) is 2. The van der Waals surface area contributed by atoms with E-state index in [0.717, 1.165) is 18.2 Å². The molecular formula is C57H70N12O19. The van der Waals surface area contributed by atoms with Crippen LogP contribution >= 0.6 is 0 Å². The molecule has 3 aromatic carbocycles. The Labute approximate surface area is 501 Å². The molecule has 6 atom stereocenters. The van der Waals surface area contributed by atoms with Gasteiger partial charge in [-0.2, -0.15) is 0 Å². The highest BCUT2D eigenvalue weighted by atomic mass is 16.6. The lowest BCUT2D eigenvalue weighted by atomic mass is 10.00. The third kappa shape index (κ3) is 20.4. The Balaban J connectivity index is 1.24. The van der Waals surface area contributed by atoms with Gasteiger partial charge in [0.2, 0.25) is 47.3 Å². The number of non-ortho nitro benzene ring substituents is 1. The van der Waals surface area contributed by atoms with E-state index in [4.69, 9.17) is 14.9 Å². The van der Waals surface area contributed by atoms with Gasteiger partial charge in [0.05, 0.1) is 42.4 Å². The molecular weight excluding hydrogens is 1160 g/mol. The topological polar surface area (TPSA) is 475 Å². The number of anilines is 1. The predicted molar refractivity (Wildman–Crippen MR) is 314 cm³/mol. The minimum atomic E-state index is -1.90. The quantitative estimate of drug-likeness (QED) is 0.0119. The van der Waals surface area contributed by atoms with Crippen LogP contribution in [0.2, 0.25) is 0 Å². The summed E-state index contributed by atoms with van der Waals surface area (Å²) in [6, 6.07) is 6.71. The standard InChI is InChI=1S/C57H70N12O19/c1-29(2)20-41(62-46(70)22-31-23-50(76)88-45-25-34(87-5)14-15-36(31)45)55(80)65-40(17-18-48(72)73)54(79)67-51(30(3)4)57(82)66-43(26-49(74)75)53(78)61-28-47(71)63-42(21-32-27-60-37-11-7-6-10-35(32)37)56(81)64-39(52(58)77)12-8-9-19-59-38-16-13-33(68(83)84)24-44(38)69(85)86/h6-7,10-11,13-16,23-25,27,29-30,39-43,51,59-60H,8-9,12,17-22,26,28H2,1-5H3,(H2,58,77)(H,61,78)(H,62,70)(H,63,71)(H,64,81)(H,65,80)(H,66,82)(H,67,79)(H,72,73)(H,74,75). The lowest BCUT2D eigenvalue weighted by Gasteiger charge is -2.28. The van der Waals surface area contributed by atoms with Crippen LogP contribution in [0.3, 0.4) is 0 Å². The maximum Gasteiger partial charge on any atom is 0.336 e. The molecule has 6 unspecified atom stereocenters. The first-order valence-electron chi connectivity index (χ1n) is 27.8. The number of nitro groups is 2. The van der Waals surface area contributed by atoms with Crippen LogP contribution in [-0.4, -0.2) is 141 Å². The molecule has 5 rings (SSSR count). The molecule has 13 N–H and O–H groups in total. The van der Waals surface area contributed by atoms with Gasteiger partial charge in [0.25, 0.3) is 11.4 Å². The number of fused-ring (bicyclic) bond motifs is 2. The summed E-state index contributed by atoms with van der Waals surface area (Å²) in [5, 5.41) is 63.1. The van der Waals surface area contributed by atoms with E-state index in [1.807, 2.05) is 0 Å². The Hall–Kier alpha value is -10.5. The number of carbonyl (C=O) groups is 10. The highest BCUT2D eigenvalue weighted by Crippen LogP contribution is 2.29. The van der Waals surface area contributed by atoms with Gasteiger partial charge in [0, 0.05) is 60.1 Å². The van der Waals surface area contributed by atoms with Crippen LogP contribution in [0, 0.1) is 32.1 Å². The van der Waals surface area contributed by atoms with Gasteiger partial charge in [-0.3, -0.25) is 68.2 Å². The van der Waals surface area contributed by atoms with E-state index < -0.39 is 154 Å². The van der Waals surface area contributed by atoms with E-state index in [-0.39, 0.29) is 67.8 Å². The molecule has 2 heterocycles. The number of nitrogens with one attached hydrogen (secondary N) is 9. The molecule has 0 saturated heterocycles. The highest BCUT2D eigenvalue weighted by molar-refractivity contribution is 5.98. The molecule has 2 aromatic heterocycles. The number of H-pyrrole nitrogens is 1. The zero-order chi connectivity index (χ0) is 64.9. The van der Waals surface area contributed by atoms with Gasteiger partial charge in [0.15, 0.2) is 0 Å². The summed E-state index contributed by atoms with van der Waals surface area (Å²) in [5.41, 5.74) is 5.54. The molecule has 0 bridgehead atoms. The molecule has 31 nitrogen and oxygen atoms in total. The summed E-state index contributed by atoms with van der Waals surface area (Å²) >= 11 is 0. The summed E-state index contributed by atoms with van der Waals surface area (Å²) in [6.07, 6.45) is -0.702. The number of hydrogen-bond acceptors (Lipinski definition) is 18. The number of aromatic amines is 1. The number of benzene rings is 3. The van der Waals surface area contributed by atoms with Crippen molar-refractivity contribution in [3.8, 4) is 5.75 Å². The Morgan fingerprint density at radius 2 is 1.35 bits per heavy atom. The van der Waals surface area contributed by atoms with Crippen molar-refractivity contribution in [2.75, 3.05) is 25.5 Å². The zero-order valence-corrected chi connectivity index (χ0v) is 48.6. The number of carboxylic acids is 2. The van der Waals surface area contributed by atoms with Gasteiger partial charge >= 0.3 is 17.6 Å². The van der Waals surface area contributed by atoms with Crippen LogP contribution < -0.4 is 58.6 Å². The van der Waals surface area contributed by atoms with Crippen LogP contribution in [0.25, 0.3) is 21.9 Å². The number of aliphatic carboxylic acids is 2. The van der Waals surface area contributed by atoms with E-state index in [0.29, 0.717) is 27.6 Å². The summed E-state index contributed by atoms with van der Waals surface area (Å²) in [5.74, 6) is -11.4. The molecule has 0 fully saturated rings. The maximum atomic E-state index is 14.0. The number of nitro benzene ring substituents is 2. The Bertz CT molecular complexity index is 3490. The van der Waals surface area contributed by atoms with Crippen LogP contribution in [-0.2, 0) is 60.8 Å². The van der Waals surface area contributed by atoms with Crippen LogP contribution in [0.5, 0.6) is 5.75 Å². The van der Waals surface area contributed by atoms with Crippen molar-refractivity contribution in [3.63, 3.8) is 0 Å². The van der Waals surface area contributed by atoms with Gasteiger partial charge in [0.1, 0.15) is 53.3 Å². The van der Waals surface area contributed by atoms with E-state index >= 15 is 0 Å². The third-order valence-corrected chi connectivity index (χ3v) is 13.7. The molecule has 31 heteroatoms. The largest absolute Gasteiger partial charge is 0.497 e. The molecule has 5 aromatic rings. The minimum Gasteiger partial charge on any atom is -0.497 e. The number of nitrogens with zero attached hydrogens (tertiary/aromatic N) is 2. The fourth-order valence-corrected chi connectivity index (χ4v) is 9.30. The number of hydrogen-bond donors (Lipinski definition) is 12. The van der Waals surface area contributed by atoms with Crippen molar-refractivity contribution in [2.45, 2.75) is 122 Å². The maximum absolute atomic E-state index is 14.0. The number of primary amides is 1. The fourth-order valence-electron chi connectivity index (χ4n) is 9.30. The van der Waals surface area contributed by atoms with Gasteiger partial charge < -0.3 is 72.6 Å². The second-order valence-electron chi connectivity index (χ2n) is 21.3. The summed E-state index contributed by atoms with van der Waals surface area (Å²) < 4.78 is 10.5. The zero-order valence-electron chi connectivity index (χ0n) is 48.6. The summed E-state index contributed by atoms with van der Waals surface area (Å²) in [7, 11) is 1.42. The van der Waals surface area contributed by atoms with E-state index in [2.05, 4.69) is 47.5 Å². The molecule has 8 amide bonds. The molecule has 472 valence electrons. The molecule has 0 aliphatic carbocycles. The first kappa shape index (κ1) is 68.3. The number of ether oxygens (including phenoxy) is 1. The Kier molecular flexibility index (Phi) is 24.9. The molecule has 0 aliphatic heterocycles.